The van der Waals surface area contributed by atoms with Gasteiger partial charge in [0.2, 0.25) is 5.95 Å². The van der Waals surface area contributed by atoms with E-state index in [1.165, 1.54) is 11.1 Å². The lowest BCUT2D eigenvalue weighted by Crippen LogP contribution is -2.21. The highest BCUT2D eigenvalue weighted by molar-refractivity contribution is 5.98. The van der Waals surface area contributed by atoms with Crippen molar-refractivity contribution in [3.8, 4) is 5.75 Å². The van der Waals surface area contributed by atoms with Crippen LogP contribution in [0.4, 0.5) is 11.6 Å². The molecule has 6 heteroatoms. The highest BCUT2D eigenvalue weighted by atomic mass is 16.5. The van der Waals surface area contributed by atoms with Gasteiger partial charge in [0.1, 0.15) is 5.75 Å². The summed E-state index contributed by atoms with van der Waals surface area (Å²) >= 11 is 0. The van der Waals surface area contributed by atoms with Crippen LogP contribution in [-0.4, -0.2) is 43.5 Å². The third-order valence-corrected chi connectivity index (χ3v) is 5.78. The van der Waals surface area contributed by atoms with E-state index < -0.39 is 0 Å². The predicted octanol–water partition coefficient (Wildman–Crippen LogP) is 4.12. The molecule has 0 fully saturated rings. The summed E-state index contributed by atoms with van der Waals surface area (Å²) in [5, 5.41) is 3.29. The molecule has 0 aliphatic heterocycles. The second-order valence-corrected chi connectivity index (χ2v) is 8.09. The van der Waals surface area contributed by atoms with Gasteiger partial charge < -0.3 is 15.0 Å². The molecular weight excluding hydrogens is 388 g/mol. The molecule has 1 aromatic heterocycles. The molecule has 0 saturated heterocycles. The minimum absolute atomic E-state index is 0.118. The zero-order valence-electron chi connectivity index (χ0n) is 18.3. The van der Waals surface area contributed by atoms with Crippen LogP contribution in [0.2, 0.25) is 0 Å². The number of methoxy groups -OCH3 is 1. The molecule has 31 heavy (non-hydrogen) atoms. The molecule has 0 bridgehead atoms. The van der Waals surface area contributed by atoms with Crippen LogP contribution in [0.15, 0.2) is 54.7 Å². The van der Waals surface area contributed by atoms with Crippen LogP contribution in [-0.2, 0) is 12.8 Å². The summed E-state index contributed by atoms with van der Waals surface area (Å²) in [6.07, 6.45) is 3.77. The first-order chi connectivity index (χ1) is 15.0. The fourth-order valence-electron chi connectivity index (χ4n) is 3.92. The molecule has 4 rings (SSSR count). The minimum atomic E-state index is 0.118. The number of ketones is 1. The van der Waals surface area contributed by atoms with Gasteiger partial charge in [0.05, 0.1) is 18.4 Å². The molecule has 1 N–H and O–H groups in total. The molecule has 160 valence electrons. The van der Waals surface area contributed by atoms with Crippen molar-refractivity contribution in [2.24, 2.45) is 0 Å². The highest BCUT2D eigenvalue weighted by Gasteiger charge is 2.28. The third-order valence-electron chi connectivity index (χ3n) is 5.78. The zero-order valence-corrected chi connectivity index (χ0v) is 18.3. The van der Waals surface area contributed by atoms with Gasteiger partial charge in [0.15, 0.2) is 5.78 Å². The number of ether oxygens (including phenoxy) is 1. The topological polar surface area (TPSA) is 67.3 Å². The van der Waals surface area contributed by atoms with Gasteiger partial charge in [-0.05, 0) is 54.2 Å². The van der Waals surface area contributed by atoms with Gasteiger partial charge in [-0.1, -0.05) is 24.3 Å². The van der Waals surface area contributed by atoms with E-state index in [1.54, 1.807) is 13.3 Å². The van der Waals surface area contributed by atoms with Gasteiger partial charge in [-0.15, -0.1) is 0 Å². The first-order valence-electron chi connectivity index (χ1n) is 10.6. The van der Waals surface area contributed by atoms with E-state index in [-0.39, 0.29) is 11.7 Å². The lowest BCUT2D eigenvalue weighted by molar-refractivity contribution is 0.0962. The summed E-state index contributed by atoms with van der Waals surface area (Å²) in [6, 6.07) is 16.5. The lowest BCUT2D eigenvalue weighted by Gasteiger charge is -2.24. The number of Topliss-reactive ketones (excluding diaryl/α,β-unsaturated/α-hetero) is 1. The number of nitrogens with zero attached hydrogens (tertiary/aromatic N) is 3. The van der Waals surface area contributed by atoms with Gasteiger partial charge in [-0.3, -0.25) is 4.79 Å². The largest absolute Gasteiger partial charge is 0.497 e. The van der Waals surface area contributed by atoms with E-state index in [0.717, 1.165) is 30.0 Å². The first-order valence-corrected chi connectivity index (χ1v) is 10.6. The quantitative estimate of drug-likeness (QED) is 0.625. The molecule has 2 aromatic carbocycles. The monoisotopic (exact) mass is 416 g/mol. The van der Waals surface area contributed by atoms with Crippen LogP contribution < -0.4 is 15.0 Å². The number of nitrogens with one attached hydrogen (secondary N) is 1. The standard InChI is InChI=1S/C25H28N4O2/c1-29(2)20-8-6-18(7-9-20)19-14-23-22(24(30)15-19)16-27-25(28-23)26-13-12-17-4-10-21(31-3)11-5-17/h4-11,16,19H,12-15H2,1-3H3,(H,26,27,28)/t19-/m1/s1. The third kappa shape index (κ3) is 4.85. The SMILES string of the molecule is COc1ccc(CCNc2ncc3c(n2)C[C@@H](c2ccc(N(C)C)cc2)CC3=O)cc1. The molecule has 3 aromatic rings. The molecule has 1 atom stereocenters. The number of fused-ring (bicyclic) bond motifs is 1. The van der Waals surface area contributed by atoms with E-state index >= 15 is 0 Å². The molecule has 6 nitrogen and oxygen atoms in total. The van der Waals surface area contributed by atoms with Crippen molar-refractivity contribution in [2.45, 2.75) is 25.2 Å². The lowest BCUT2D eigenvalue weighted by atomic mass is 9.82. The Bertz CT molecular complexity index is 1050. The van der Waals surface area contributed by atoms with Gasteiger partial charge in [0.25, 0.3) is 0 Å². The molecule has 1 aliphatic rings. The van der Waals surface area contributed by atoms with Crippen molar-refractivity contribution in [1.82, 2.24) is 9.97 Å². The Morgan fingerprint density at radius 2 is 1.81 bits per heavy atom. The molecule has 0 radical (unpaired) electrons. The maximum absolute atomic E-state index is 12.7. The number of carbonyl (C=O) groups is 1. The predicted molar refractivity (Wildman–Crippen MR) is 123 cm³/mol. The maximum atomic E-state index is 12.7. The van der Waals surface area contributed by atoms with Crippen LogP contribution in [0.1, 0.15) is 39.5 Å². The molecule has 0 amide bonds. The summed E-state index contributed by atoms with van der Waals surface area (Å²) in [7, 11) is 5.71. The molecule has 1 heterocycles. The number of rotatable bonds is 7. The van der Waals surface area contributed by atoms with Crippen molar-refractivity contribution in [1.29, 1.82) is 0 Å². The first kappa shape index (κ1) is 20.8. The van der Waals surface area contributed by atoms with Gasteiger partial charge in [-0.25, -0.2) is 9.97 Å². The number of aromatic nitrogens is 2. The summed E-state index contributed by atoms with van der Waals surface area (Å²) in [5.74, 6) is 1.69. The highest BCUT2D eigenvalue weighted by Crippen LogP contribution is 2.32. The summed E-state index contributed by atoms with van der Waals surface area (Å²) in [5.41, 5.74) is 5.03. The maximum Gasteiger partial charge on any atom is 0.222 e. The fraction of sp³-hybridized carbons (Fsp3) is 0.320. The minimum Gasteiger partial charge on any atom is -0.497 e. The second kappa shape index (κ2) is 9.16. The van der Waals surface area contributed by atoms with E-state index in [2.05, 4.69) is 56.6 Å². The van der Waals surface area contributed by atoms with Crippen molar-refractivity contribution in [3.63, 3.8) is 0 Å². The number of hydrogen-bond donors (Lipinski definition) is 1. The van der Waals surface area contributed by atoms with E-state index in [1.807, 2.05) is 26.2 Å². The Morgan fingerprint density at radius 3 is 2.48 bits per heavy atom. The Hall–Kier alpha value is -3.41. The van der Waals surface area contributed by atoms with Crippen molar-refractivity contribution >= 4 is 17.4 Å². The van der Waals surface area contributed by atoms with Crippen LogP contribution in [0, 0.1) is 0 Å². The van der Waals surface area contributed by atoms with Crippen molar-refractivity contribution in [3.05, 3.63) is 77.1 Å². The number of benzene rings is 2. The molecule has 0 unspecified atom stereocenters. The second-order valence-electron chi connectivity index (χ2n) is 8.09. The summed E-state index contributed by atoms with van der Waals surface area (Å²) in [4.78, 5) is 23.8. The Kier molecular flexibility index (Phi) is 6.16. The van der Waals surface area contributed by atoms with E-state index in [9.17, 15) is 4.79 Å². The van der Waals surface area contributed by atoms with Gasteiger partial charge in [-0.2, -0.15) is 0 Å². The van der Waals surface area contributed by atoms with Crippen LogP contribution in [0.25, 0.3) is 0 Å². The smallest absolute Gasteiger partial charge is 0.222 e. The molecule has 0 saturated carbocycles. The Balaban J connectivity index is 1.42. The van der Waals surface area contributed by atoms with Gasteiger partial charge in [0, 0.05) is 38.9 Å². The number of carbonyl (C=O) groups excluding carboxylic acids is 1. The van der Waals surface area contributed by atoms with Crippen LogP contribution in [0.5, 0.6) is 5.75 Å². The number of anilines is 2. The Labute approximate surface area is 183 Å². The normalized spacial score (nSPS) is 15.3. The van der Waals surface area contributed by atoms with Gasteiger partial charge >= 0.3 is 0 Å². The zero-order chi connectivity index (χ0) is 21.8. The molecular formula is C25H28N4O2. The van der Waals surface area contributed by atoms with E-state index in [4.69, 9.17) is 4.74 Å². The van der Waals surface area contributed by atoms with Crippen LogP contribution >= 0.6 is 0 Å². The summed E-state index contributed by atoms with van der Waals surface area (Å²) < 4.78 is 5.20. The molecule has 0 spiro atoms. The Morgan fingerprint density at radius 1 is 1.06 bits per heavy atom. The average molecular weight is 417 g/mol. The average Bonchev–Trinajstić information content (AvgIpc) is 2.79. The van der Waals surface area contributed by atoms with Crippen LogP contribution in [0.3, 0.4) is 0 Å². The van der Waals surface area contributed by atoms with E-state index in [0.29, 0.717) is 24.5 Å². The molecule has 1 aliphatic carbocycles. The van der Waals surface area contributed by atoms with Crippen molar-refractivity contribution < 1.29 is 9.53 Å². The fourth-order valence-corrected chi connectivity index (χ4v) is 3.92. The number of hydrogen-bond acceptors (Lipinski definition) is 6. The van der Waals surface area contributed by atoms with Crippen molar-refractivity contribution in [2.75, 3.05) is 38.0 Å². The summed E-state index contributed by atoms with van der Waals surface area (Å²) in [6.45, 7) is 0.717.